The summed E-state index contributed by atoms with van der Waals surface area (Å²) in [7, 11) is 0.899. The van der Waals surface area contributed by atoms with Crippen LogP contribution in [-0.2, 0) is 15.5 Å². The Morgan fingerprint density at radius 2 is 2.20 bits per heavy atom. The van der Waals surface area contributed by atoms with Crippen molar-refractivity contribution in [1.82, 2.24) is 5.32 Å². The van der Waals surface area contributed by atoms with Crippen molar-refractivity contribution in [2.24, 2.45) is 0 Å². The highest BCUT2D eigenvalue weighted by Crippen LogP contribution is 2.43. The van der Waals surface area contributed by atoms with Gasteiger partial charge in [-0.05, 0) is 30.4 Å². The summed E-state index contributed by atoms with van der Waals surface area (Å²) in [6.07, 6.45) is 3.00. The van der Waals surface area contributed by atoms with Gasteiger partial charge in [-0.25, -0.2) is 0 Å². The molecule has 0 radical (unpaired) electrons. The van der Waals surface area contributed by atoms with Crippen molar-refractivity contribution in [3.05, 3.63) is 35.2 Å². The van der Waals surface area contributed by atoms with Gasteiger partial charge in [-0.1, -0.05) is 36.8 Å². The molecule has 1 aromatic carbocycles. The monoisotopic (exact) mass is 323 g/mol. The maximum absolute atomic E-state index is 12.8. The highest BCUT2D eigenvalue weighted by Gasteiger charge is 2.45. The number of rotatable bonds is 2. The largest absolute Gasteiger partial charge is 0.381 e. The van der Waals surface area contributed by atoms with Crippen molar-refractivity contribution >= 4 is 49.4 Å². The molecule has 0 aliphatic carbocycles. The van der Waals surface area contributed by atoms with Crippen LogP contribution in [0.5, 0.6) is 0 Å². The molecule has 0 amide bonds. The van der Waals surface area contributed by atoms with E-state index in [4.69, 9.17) is 12.2 Å². The van der Waals surface area contributed by atoms with E-state index in [1.165, 1.54) is 10.1 Å². The van der Waals surface area contributed by atoms with Gasteiger partial charge in [0.2, 0.25) is 0 Å². The second-order valence-corrected chi connectivity index (χ2v) is 8.35. The van der Waals surface area contributed by atoms with Crippen molar-refractivity contribution in [2.45, 2.75) is 24.0 Å². The molecule has 0 spiro atoms. The van der Waals surface area contributed by atoms with Crippen LogP contribution in [0.4, 0.5) is 0 Å². The molecule has 20 heavy (non-hydrogen) atoms. The van der Waals surface area contributed by atoms with Crippen LogP contribution < -0.4 is 5.32 Å². The van der Waals surface area contributed by atoms with Crippen LogP contribution in [0.25, 0.3) is 10.1 Å². The van der Waals surface area contributed by atoms with E-state index in [1.807, 2.05) is 19.2 Å². The van der Waals surface area contributed by atoms with Crippen molar-refractivity contribution < 1.29 is 4.21 Å². The zero-order valence-corrected chi connectivity index (χ0v) is 13.8. The third-order valence-electron chi connectivity index (χ3n) is 3.91. The van der Waals surface area contributed by atoms with Crippen LogP contribution in [0.15, 0.2) is 30.3 Å². The second-order valence-electron chi connectivity index (χ2n) is 5.06. The van der Waals surface area contributed by atoms with E-state index in [0.717, 1.165) is 34.9 Å². The maximum Gasteiger partial charge on any atom is 0.130 e. The molecule has 2 atom stereocenters. The van der Waals surface area contributed by atoms with Crippen LogP contribution in [0.1, 0.15) is 24.1 Å². The van der Waals surface area contributed by atoms with Crippen LogP contribution in [-0.4, -0.2) is 22.0 Å². The lowest BCUT2D eigenvalue weighted by atomic mass is 9.97. The summed E-state index contributed by atoms with van der Waals surface area (Å²) in [5.41, 5.74) is 0. The number of hydrogen-bond acceptors (Lipinski definition) is 3. The van der Waals surface area contributed by atoms with Crippen molar-refractivity contribution in [1.29, 1.82) is 0 Å². The molecule has 2 nitrogen and oxygen atoms in total. The first kappa shape index (κ1) is 14.2. The first-order valence-corrected chi connectivity index (χ1v) is 9.32. The van der Waals surface area contributed by atoms with Crippen LogP contribution in [0, 0.1) is 0 Å². The maximum atomic E-state index is 12.8. The first-order chi connectivity index (χ1) is 9.68. The summed E-state index contributed by atoms with van der Waals surface area (Å²) < 4.78 is 13.5. The Balaban J connectivity index is 2.18. The number of thiophene rings is 1. The molecule has 1 N–H and O–H groups in total. The Bertz CT molecular complexity index is 636. The summed E-state index contributed by atoms with van der Waals surface area (Å²) in [6, 6.07) is 10.5. The number of nitrogens with one attached hydrogen (secondary N) is 1. The molecular weight excluding hydrogens is 306 g/mol. The van der Waals surface area contributed by atoms with E-state index in [9.17, 15) is 4.21 Å². The minimum absolute atomic E-state index is 0.480. The zero-order valence-electron chi connectivity index (χ0n) is 11.3. The number of hydrogen-bond donors (Lipinski definition) is 1. The second kappa shape index (κ2) is 5.54. The quantitative estimate of drug-likeness (QED) is 0.857. The average Bonchev–Trinajstić information content (AvgIpc) is 2.91. The lowest BCUT2D eigenvalue weighted by Crippen LogP contribution is -2.47. The Labute approximate surface area is 131 Å². The van der Waals surface area contributed by atoms with E-state index in [0.29, 0.717) is 0 Å². The molecule has 3 rings (SSSR count). The molecule has 1 aliphatic rings. The van der Waals surface area contributed by atoms with Gasteiger partial charge >= 0.3 is 0 Å². The predicted octanol–water partition coefficient (Wildman–Crippen LogP) is 3.58. The molecule has 1 fully saturated rings. The minimum Gasteiger partial charge on any atom is -0.381 e. The Morgan fingerprint density at radius 3 is 2.90 bits per heavy atom. The number of fused-ring (bicyclic) bond motifs is 1. The molecule has 1 saturated heterocycles. The van der Waals surface area contributed by atoms with Crippen molar-refractivity contribution in [3.63, 3.8) is 0 Å². The number of likely N-dealkylation sites (N-methyl/N-ethyl adjacent to an activating group) is 1. The van der Waals surface area contributed by atoms with Crippen LogP contribution >= 0.6 is 23.6 Å². The smallest absolute Gasteiger partial charge is 0.130 e. The molecular formula is C15H17NOS3. The number of benzene rings is 1. The molecule has 0 bridgehead atoms. The molecule has 106 valence electrons. The van der Waals surface area contributed by atoms with Gasteiger partial charge < -0.3 is 5.32 Å². The van der Waals surface area contributed by atoms with Gasteiger partial charge in [-0.15, -0.1) is 11.3 Å². The standard InChI is InChI=1S/C15H17NOS3/c1-16-14(18)15(8-4-5-9-20(15)17)13-10-11-6-2-3-7-12(11)19-13/h2-3,6-7,10H,4-5,8-9H2,1H3,(H,16,18)/t15-,20-/m1/s1. The Hall–Kier alpha value is -0.780. The summed E-state index contributed by atoms with van der Waals surface area (Å²) >= 11 is 7.28. The van der Waals surface area contributed by atoms with Crippen LogP contribution in [0.2, 0.25) is 0 Å². The highest BCUT2D eigenvalue weighted by molar-refractivity contribution is 7.90. The molecule has 2 heterocycles. The molecule has 1 aliphatic heterocycles. The summed E-state index contributed by atoms with van der Waals surface area (Å²) in [5.74, 6) is 0.746. The highest BCUT2D eigenvalue weighted by atomic mass is 32.2. The van der Waals surface area contributed by atoms with Crippen LogP contribution in [0.3, 0.4) is 0 Å². The average molecular weight is 324 g/mol. The van der Waals surface area contributed by atoms with E-state index >= 15 is 0 Å². The Morgan fingerprint density at radius 1 is 1.40 bits per heavy atom. The van der Waals surface area contributed by atoms with Gasteiger partial charge in [-0.3, -0.25) is 4.21 Å². The van der Waals surface area contributed by atoms with Gasteiger partial charge in [0, 0.05) is 33.2 Å². The van der Waals surface area contributed by atoms with Gasteiger partial charge in [0.05, 0.1) is 4.99 Å². The third kappa shape index (κ3) is 2.12. The summed E-state index contributed by atoms with van der Waals surface area (Å²) in [5, 5.41) is 4.31. The third-order valence-corrected chi connectivity index (χ3v) is 8.07. The fourth-order valence-corrected chi connectivity index (χ4v) is 6.76. The normalized spacial score (nSPS) is 26.6. The summed E-state index contributed by atoms with van der Waals surface area (Å²) in [6.45, 7) is 0. The van der Waals surface area contributed by atoms with E-state index in [-0.39, 0.29) is 0 Å². The van der Waals surface area contributed by atoms with Crippen molar-refractivity contribution in [2.75, 3.05) is 12.8 Å². The van der Waals surface area contributed by atoms with Gasteiger partial charge in [-0.2, -0.15) is 0 Å². The minimum atomic E-state index is -0.938. The summed E-state index contributed by atoms with van der Waals surface area (Å²) in [4.78, 5) is 1.87. The van der Waals surface area contributed by atoms with Crippen molar-refractivity contribution in [3.8, 4) is 0 Å². The Kier molecular flexibility index (Phi) is 3.93. The SMILES string of the molecule is CNC(=S)[C@]1(c2cc3ccccc3s2)CCCC[S@]1=O. The fraction of sp³-hybridized carbons (Fsp3) is 0.400. The molecule has 5 heteroatoms. The van der Waals surface area contributed by atoms with Gasteiger partial charge in [0.15, 0.2) is 0 Å². The molecule has 0 unspecified atom stereocenters. The van der Waals surface area contributed by atoms with Gasteiger partial charge in [0.1, 0.15) is 4.75 Å². The topological polar surface area (TPSA) is 29.1 Å². The molecule has 0 saturated carbocycles. The lowest BCUT2D eigenvalue weighted by Gasteiger charge is -2.35. The fourth-order valence-electron chi connectivity index (χ4n) is 2.84. The first-order valence-electron chi connectivity index (χ1n) is 6.78. The van der Waals surface area contributed by atoms with Gasteiger partial charge in [0.25, 0.3) is 0 Å². The molecule has 1 aromatic heterocycles. The number of thiocarbonyl (C=S) groups is 1. The van der Waals surface area contributed by atoms with E-state index in [1.54, 1.807) is 11.3 Å². The predicted molar refractivity (Wildman–Crippen MR) is 92.0 cm³/mol. The lowest BCUT2D eigenvalue weighted by molar-refractivity contribution is 0.580. The van der Waals surface area contributed by atoms with E-state index in [2.05, 4.69) is 23.5 Å². The van der Waals surface area contributed by atoms with E-state index < -0.39 is 15.5 Å². The molecule has 2 aromatic rings. The zero-order chi connectivity index (χ0) is 14.2.